The summed E-state index contributed by atoms with van der Waals surface area (Å²) in [5.74, 6) is 0.416. The van der Waals surface area contributed by atoms with E-state index in [1.54, 1.807) is 18.2 Å². The molecule has 3 heterocycles. The normalized spacial score (nSPS) is 15.7. The van der Waals surface area contributed by atoms with Crippen molar-refractivity contribution in [1.29, 1.82) is 0 Å². The monoisotopic (exact) mass is 370 g/mol. The molecule has 8 heteroatoms. The highest BCUT2D eigenvalue weighted by Gasteiger charge is 2.22. The Morgan fingerprint density at radius 3 is 2.89 bits per heavy atom. The van der Waals surface area contributed by atoms with Gasteiger partial charge in [-0.2, -0.15) is 0 Å². The maximum Gasteiger partial charge on any atom is 0.257 e. The summed E-state index contributed by atoms with van der Waals surface area (Å²) in [7, 11) is 0. The van der Waals surface area contributed by atoms with Crippen LogP contribution in [0.25, 0.3) is 11.5 Å². The smallest absolute Gasteiger partial charge is 0.257 e. The van der Waals surface area contributed by atoms with Gasteiger partial charge in [0.05, 0.1) is 18.4 Å². The van der Waals surface area contributed by atoms with Crippen molar-refractivity contribution in [2.24, 2.45) is 0 Å². The standard InChI is InChI=1S/C19H19FN4O3/c20-16-4-1-3-14(11-16)18-22-21-17(27-18)12-23-6-2-7-24(9-8-23)19(25)15-5-10-26-13-15/h1,3-5,10-11,13H,2,6-9,12H2. The van der Waals surface area contributed by atoms with E-state index >= 15 is 0 Å². The summed E-state index contributed by atoms with van der Waals surface area (Å²) >= 11 is 0. The molecule has 1 aliphatic rings. The van der Waals surface area contributed by atoms with Gasteiger partial charge in [0, 0.05) is 31.7 Å². The lowest BCUT2D eigenvalue weighted by atomic mass is 10.2. The van der Waals surface area contributed by atoms with E-state index in [0.29, 0.717) is 49.1 Å². The second-order valence-electron chi connectivity index (χ2n) is 6.45. The van der Waals surface area contributed by atoms with E-state index in [1.807, 2.05) is 4.90 Å². The van der Waals surface area contributed by atoms with Crippen molar-refractivity contribution in [1.82, 2.24) is 20.0 Å². The Kier molecular flexibility index (Phi) is 4.97. The Morgan fingerprint density at radius 2 is 2.07 bits per heavy atom. The number of furan rings is 1. The second kappa shape index (κ2) is 7.71. The average molecular weight is 370 g/mol. The van der Waals surface area contributed by atoms with Gasteiger partial charge in [0.25, 0.3) is 5.91 Å². The summed E-state index contributed by atoms with van der Waals surface area (Å²) in [4.78, 5) is 16.4. The van der Waals surface area contributed by atoms with Gasteiger partial charge < -0.3 is 13.7 Å². The lowest BCUT2D eigenvalue weighted by Gasteiger charge is -2.20. The van der Waals surface area contributed by atoms with Crippen LogP contribution in [0.4, 0.5) is 4.39 Å². The highest BCUT2D eigenvalue weighted by molar-refractivity contribution is 5.93. The predicted molar refractivity (Wildman–Crippen MR) is 94.2 cm³/mol. The fourth-order valence-corrected chi connectivity index (χ4v) is 3.15. The number of halogens is 1. The molecule has 0 aliphatic carbocycles. The number of benzene rings is 1. The van der Waals surface area contributed by atoms with Crippen LogP contribution in [0.15, 0.2) is 51.7 Å². The van der Waals surface area contributed by atoms with E-state index in [9.17, 15) is 9.18 Å². The number of nitrogens with zero attached hydrogens (tertiary/aromatic N) is 4. The number of rotatable bonds is 4. The van der Waals surface area contributed by atoms with Gasteiger partial charge in [-0.05, 0) is 30.7 Å². The molecule has 1 fully saturated rings. The van der Waals surface area contributed by atoms with Crippen molar-refractivity contribution in [3.63, 3.8) is 0 Å². The zero-order valence-corrected chi connectivity index (χ0v) is 14.7. The Bertz CT molecular complexity index is 909. The van der Waals surface area contributed by atoms with Crippen LogP contribution in [0.1, 0.15) is 22.7 Å². The number of aromatic nitrogens is 2. The molecule has 7 nitrogen and oxygen atoms in total. The molecule has 0 spiro atoms. The summed E-state index contributed by atoms with van der Waals surface area (Å²) in [6.45, 7) is 3.35. The first kappa shape index (κ1) is 17.4. The number of carbonyl (C=O) groups is 1. The molecule has 1 saturated heterocycles. The van der Waals surface area contributed by atoms with Crippen molar-refractivity contribution in [2.45, 2.75) is 13.0 Å². The van der Waals surface area contributed by atoms with Gasteiger partial charge in [0.15, 0.2) is 0 Å². The van der Waals surface area contributed by atoms with E-state index in [4.69, 9.17) is 8.83 Å². The molecule has 4 rings (SSSR count). The Labute approximate surface area is 155 Å². The lowest BCUT2D eigenvalue weighted by molar-refractivity contribution is 0.0760. The topological polar surface area (TPSA) is 75.6 Å². The van der Waals surface area contributed by atoms with Crippen LogP contribution in [0.2, 0.25) is 0 Å². The number of hydrogen-bond acceptors (Lipinski definition) is 6. The molecule has 0 saturated carbocycles. The zero-order chi connectivity index (χ0) is 18.6. The molecule has 0 atom stereocenters. The quantitative estimate of drug-likeness (QED) is 0.703. The molecular formula is C19H19FN4O3. The number of hydrogen-bond donors (Lipinski definition) is 0. The molecule has 0 unspecified atom stereocenters. The second-order valence-corrected chi connectivity index (χ2v) is 6.45. The SMILES string of the molecule is O=C(c1ccoc1)N1CCCN(Cc2nnc(-c3cccc(F)c3)o2)CC1. The van der Waals surface area contributed by atoms with E-state index < -0.39 is 0 Å². The van der Waals surface area contributed by atoms with Gasteiger partial charge in [-0.25, -0.2) is 4.39 Å². The molecular weight excluding hydrogens is 351 g/mol. The van der Waals surface area contributed by atoms with Crippen LogP contribution in [-0.4, -0.2) is 52.1 Å². The van der Waals surface area contributed by atoms with Gasteiger partial charge in [-0.3, -0.25) is 9.69 Å². The molecule has 1 amide bonds. The van der Waals surface area contributed by atoms with Gasteiger partial charge >= 0.3 is 0 Å². The van der Waals surface area contributed by atoms with Gasteiger partial charge in [0.2, 0.25) is 11.8 Å². The average Bonchev–Trinajstić information content (AvgIpc) is 3.31. The Balaban J connectivity index is 1.37. The molecule has 2 aromatic heterocycles. The summed E-state index contributed by atoms with van der Waals surface area (Å²) in [5.41, 5.74) is 1.13. The minimum absolute atomic E-state index is 0.0169. The number of carbonyl (C=O) groups excluding carboxylic acids is 1. The van der Waals surface area contributed by atoms with E-state index in [0.717, 1.165) is 13.0 Å². The van der Waals surface area contributed by atoms with Crippen LogP contribution >= 0.6 is 0 Å². The third kappa shape index (κ3) is 4.06. The third-order valence-electron chi connectivity index (χ3n) is 4.54. The molecule has 1 aromatic carbocycles. The fourth-order valence-electron chi connectivity index (χ4n) is 3.15. The first-order chi connectivity index (χ1) is 13.2. The van der Waals surface area contributed by atoms with Crippen LogP contribution in [0.3, 0.4) is 0 Å². The first-order valence-electron chi connectivity index (χ1n) is 8.81. The summed E-state index contributed by atoms with van der Waals surface area (Å²) in [6, 6.07) is 7.75. The molecule has 0 bridgehead atoms. The summed E-state index contributed by atoms with van der Waals surface area (Å²) < 4.78 is 24.0. The van der Waals surface area contributed by atoms with Gasteiger partial charge in [-0.1, -0.05) is 6.07 Å². The van der Waals surface area contributed by atoms with Crippen LogP contribution in [0, 0.1) is 5.82 Å². The predicted octanol–water partition coefficient (Wildman–Crippen LogP) is 2.82. The largest absolute Gasteiger partial charge is 0.472 e. The Morgan fingerprint density at radius 1 is 1.15 bits per heavy atom. The molecule has 27 heavy (non-hydrogen) atoms. The van der Waals surface area contributed by atoms with Gasteiger partial charge in [-0.15, -0.1) is 10.2 Å². The Hall–Kier alpha value is -3.00. The minimum atomic E-state index is -0.345. The van der Waals surface area contributed by atoms with Crippen molar-refractivity contribution in [3.8, 4) is 11.5 Å². The van der Waals surface area contributed by atoms with E-state index in [2.05, 4.69) is 15.1 Å². The third-order valence-corrected chi connectivity index (χ3v) is 4.54. The highest BCUT2D eigenvalue weighted by Crippen LogP contribution is 2.19. The maximum atomic E-state index is 13.3. The first-order valence-corrected chi connectivity index (χ1v) is 8.81. The summed E-state index contributed by atoms with van der Waals surface area (Å²) in [6.07, 6.45) is 3.83. The lowest BCUT2D eigenvalue weighted by Crippen LogP contribution is -2.34. The highest BCUT2D eigenvalue weighted by atomic mass is 19.1. The van der Waals surface area contributed by atoms with Crippen LogP contribution in [-0.2, 0) is 6.54 Å². The van der Waals surface area contributed by atoms with Crippen LogP contribution in [0.5, 0.6) is 0 Å². The van der Waals surface area contributed by atoms with Crippen LogP contribution < -0.4 is 0 Å². The van der Waals surface area contributed by atoms with Crippen molar-refractivity contribution < 1.29 is 18.0 Å². The molecule has 140 valence electrons. The molecule has 3 aromatic rings. The zero-order valence-electron chi connectivity index (χ0n) is 14.7. The van der Waals surface area contributed by atoms with Gasteiger partial charge in [0.1, 0.15) is 12.1 Å². The van der Waals surface area contributed by atoms with Crippen molar-refractivity contribution in [3.05, 3.63) is 60.1 Å². The van der Waals surface area contributed by atoms with Crippen molar-refractivity contribution >= 4 is 5.91 Å². The number of amides is 1. The fraction of sp³-hybridized carbons (Fsp3) is 0.316. The molecule has 1 aliphatic heterocycles. The molecule has 0 radical (unpaired) electrons. The maximum absolute atomic E-state index is 13.3. The van der Waals surface area contributed by atoms with E-state index in [-0.39, 0.29) is 11.7 Å². The summed E-state index contributed by atoms with van der Waals surface area (Å²) in [5, 5.41) is 8.08. The van der Waals surface area contributed by atoms with Crippen molar-refractivity contribution in [2.75, 3.05) is 26.2 Å². The minimum Gasteiger partial charge on any atom is -0.472 e. The molecule has 0 N–H and O–H groups in total. The van der Waals surface area contributed by atoms with E-state index in [1.165, 1.54) is 24.7 Å².